The van der Waals surface area contributed by atoms with E-state index in [1.807, 2.05) is 0 Å². The van der Waals surface area contributed by atoms with E-state index in [4.69, 9.17) is 0 Å². The molecule has 0 saturated carbocycles. The maximum Gasteiger partial charge on any atom is -0.0119 e. The van der Waals surface area contributed by atoms with Crippen molar-refractivity contribution >= 4 is 0 Å². The summed E-state index contributed by atoms with van der Waals surface area (Å²) in [6.45, 7) is 16.8. The predicted molar refractivity (Wildman–Crippen MR) is 78.2 cm³/mol. The molecule has 0 aliphatic heterocycles. The first kappa shape index (κ1) is 14.8. The van der Waals surface area contributed by atoms with Crippen molar-refractivity contribution in [3.63, 3.8) is 0 Å². The highest BCUT2D eigenvalue weighted by Gasteiger charge is 2.38. The predicted octanol–water partition coefficient (Wildman–Crippen LogP) is 5.98. The van der Waals surface area contributed by atoms with Gasteiger partial charge in [-0.2, -0.15) is 0 Å². The molecule has 0 spiro atoms. The van der Waals surface area contributed by atoms with E-state index in [-0.39, 0.29) is 0 Å². The van der Waals surface area contributed by atoms with Crippen LogP contribution < -0.4 is 0 Å². The van der Waals surface area contributed by atoms with Crippen LogP contribution in [0.15, 0.2) is 11.1 Å². The standard InChI is InChI=1S/C17H32/c1-8-13(3)12-15-14(4)17(7,9-2)11-10-16(15,5)6/h13H,8-12H2,1-7H3. The summed E-state index contributed by atoms with van der Waals surface area (Å²) in [4.78, 5) is 0. The van der Waals surface area contributed by atoms with Crippen molar-refractivity contribution < 1.29 is 0 Å². The number of hydrogen-bond acceptors (Lipinski definition) is 0. The Morgan fingerprint density at radius 3 is 2.18 bits per heavy atom. The van der Waals surface area contributed by atoms with E-state index in [0.29, 0.717) is 10.8 Å². The SMILES string of the molecule is CCC(C)CC1=C(C)C(C)(CC)CCC1(C)C. The molecule has 0 nitrogen and oxygen atoms in total. The molecule has 0 saturated heterocycles. The fourth-order valence-electron chi connectivity index (χ4n) is 3.16. The summed E-state index contributed by atoms with van der Waals surface area (Å²) < 4.78 is 0. The second kappa shape index (κ2) is 5.16. The highest BCUT2D eigenvalue weighted by Crippen LogP contribution is 2.52. The fourth-order valence-corrected chi connectivity index (χ4v) is 3.16. The number of hydrogen-bond donors (Lipinski definition) is 0. The Morgan fingerprint density at radius 2 is 1.71 bits per heavy atom. The van der Waals surface area contributed by atoms with E-state index >= 15 is 0 Å². The van der Waals surface area contributed by atoms with Crippen LogP contribution in [-0.4, -0.2) is 0 Å². The van der Waals surface area contributed by atoms with Gasteiger partial charge in [-0.1, -0.05) is 59.1 Å². The quantitative estimate of drug-likeness (QED) is 0.527. The topological polar surface area (TPSA) is 0 Å². The average Bonchev–Trinajstić information content (AvgIpc) is 2.30. The molecule has 0 heteroatoms. The first-order valence-electron chi connectivity index (χ1n) is 7.47. The molecule has 0 N–H and O–H groups in total. The summed E-state index contributed by atoms with van der Waals surface area (Å²) in [5.41, 5.74) is 4.37. The Bertz CT molecular complexity index is 295. The lowest BCUT2D eigenvalue weighted by Gasteiger charge is -2.45. The molecule has 0 bridgehead atoms. The summed E-state index contributed by atoms with van der Waals surface area (Å²) in [5, 5.41) is 0. The van der Waals surface area contributed by atoms with Gasteiger partial charge in [-0.3, -0.25) is 0 Å². The maximum atomic E-state index is 2.47. The lowest BCUT2D eigenvalue weighted by atomic mass is 9.60. The number of rotatable bonds is 4. The van der Waals surface area contributed by atoms with Gasteiger partial charge in [0.15, 0.2) is 0 Å². The van der Waals surface area contributed by atoms with Gasteiger partial charge in [0, 0.05) is 0 Å². The molecular weight excluding hydrogens is 204 g/mol. The van der Waals surface area contributed by atoms with Gasteiger partial charge < -0.3 is 0 Å². The van der Waals surface area contributed by atoms with Crippen molar-refractivity contribution in [2.45, 2.75) is 80.6 Å². The van der Waals surface area contributed by atoms with Gasteiger partial charge in [-0.05, 0) is 49.4 Å². The van der Waals surface area contributed by atoms with Crippen LogP contribution in [-0.2, 0) is 0 Å². The average molecular weight is 236 g/mol. The Hall–Kier alpha value is -0.260. The van der Waals surface area contributed by atoms with Crippen molar-refractivity contribution in [3.8, 4) is 0 Å². The van der Waals surface area contributed by atoms with Crippen LogP contribution in [0.2, 0.25) is 0 Å². The van der Waals surface area contributed by atoms with Crippen LogP contribution >= 0.6 is 0 Å². The molecule has 100 valence electrons. The molecule has 0 aromatic heterocycles. The van der Waals surface area contributed by atoms with E-state index in [9.17, 15) is 0 Å². The molecule has 1 rings (SSSR count). The molecule has 0 aromatic carbocycles. The summed E-state index contributed by atoms with van der Waals surface area (Å²) in [6, 6.07) is 0. The van der Waals surface area contributed by atoms with Gasteiger partial charge in [-0.25, -0.2) is 0 Å². The Morgan fingerprint density at radius 1 is 1.12 bits per heavy atom. The van der Waals surface area contributed by atoms with Gasteiger partial charge in [-0.15, -0.1) is 0 Å². The van der Waals surface area contributed by atoms with E-state index in [2.05, 4.69) is 48.5 Å². The minimum absolute atomic E-state index is 0.433. The Labute approximate surface area is 109 Å². The monoisotopic (exact) mass is 236 g/mol. The van der Waals surface area contributed by atoms with E-state index < -0.39 is 0 Å². The molecule has 1 aliphatic carbocycles. The lowest BCUT2D eigenvalue weighted by molar-refractivity contribution is 0.225. The van der Waals surface area contributed by atoms with E-state index in [1.54, 1.807) is 11.1 Å². The number of allylic oxidation sites excluding steroid dienone is 2. The lowest BCUT2D eigenvalue weighted by Crippen LogP contribution is -2.32. The molecule has 2 unspecified atom stereocenters. The third kappa shape index (κ3) is 2.95. The van der Waals surface area contributed by atoms with Gasteiger partial charge in [0.1, 0.15) is 0 Å². The van der Waals surface area contributed by atoms with Crippen molar-refractivity contribution in [1.82, 2.24) is 0 Å². The largest absolute Gasteiger partial charge is 0.0677 e. The summed E-state index contributed by atoms with van der Waals surface area (Å²) in [6.07, 6.45) is 6.63. The highest BCUT2D eigenvalue weighted by atomic mass is 14.4. The van der Waals surface area contributed by atoms with Gasteiger partial charge >= 0.3 is 0 Å². The molecule has 0 aromatic rings. The van der Waals surface area contributed by atoms with Crippen LogP contribution in [0.3, 0.4) is 0 Å². The first-order chi connectivity index (χ1) is 7.77. The minimum Gasteiger partial charge on any atom is -0.0677 e. The zero-order valence-electron chi connectivity index (χ0n) is 13.1. The Kier molecular flexibility index (Phi) is 4.49. The summed E-state index contributed by atoms with van der Waals surface area (Å²) in [7, 11) is 0. The Balaban J connectivity index is 3.10. The molecule has 2 atom stereocenters. The van der Waals surface area contributed by atoms with Crippen LogP contribution in [0.25, 0.3) is 0 Å². The minimum atomic E-state index is 0.433. The van der Waals surface area contributed by atoms with E-state index in [0.717, 1.165) is 5.92 Å². The molecule has 0 fully saturated rings. The summed E-state index contributed by atoms with van der Waals surface area (Å²) in [5.74, 6) is 0.832. The molecule has 0 heterocycles. The molecule has 0 radical (unpaired) electrons. The maximum absolute atomic E-state index is 2.47. The van der Waals surface area contributed by atoms with Crippen LogP contribution in [0.1, 0.15) is 80.6 Å². The second-order valence-corrected chi connectivity index (χ2v) is 7.12. The smallest absolute Gasteiger partial charge is 0.0119 e. The third-order valence-corrected chi connectivity index (χ3v) is 5.51. The van der Waals surface area contributed by atoms with Gasteiger partial charge in [0.25, 0.3) is 0 Å². The first-order valence-corrected chi connectivity index (χ1v) is 7.47. The molecule has 17 heavy (non-hydrogen) atoms. The van der Waals surface area contributed by atoms with Crippen LogP contribution in [0.4, 0.5) is 0 Å². The highest BCUT2D eigenvalue weighted by molar-refractivity contribution is 5.28. The molecular formula is C17H32. The van der Waals surface area contributed by atoms with Crippen LogP contribution in [0, 0.1) is 16.7 Å². The molecule has 1 aliphatic rings. The van der Waals surface area contributed by atoms with Gasteiger partial charge in [0.05, 0.1) is 0 Å². The zero-order valence-corrected chi connectivity index (χ0v) is 13.1. The van der Waals surface area contributed by atoms with Gasteiger partial charge in [0.2, 0.25) is 0 Å². The second-order valence-electron chi connectivity index (χ2n) is 7.12. The van der Waals surface area contributed by atoms with E-state index in [1.165, 1.54) is 32.1 Å². The van der Waals surface area contributed by atoms with Crippen LogP contribution in [0.5, 0.6) is 0 Å². The third-order valence-electron chi connectivity index (χ3n) is 5.51. The van der Waals surface area contributed by atoms with Crippen molar-refractivity contribution in [2.75, 3.05) is 0 Å². The van der Waals surface area contributed by atoms with Crippen molar-refractivity contribution in [2.24, 2.45) is 16.7 Å². The van der Waals surface area contributed by atoms with Crippen molar-refractivity contribution in [1.29, 1.82) is 0 Å². The zero-order chi connectivity index (χ0) is 13.3. The fraction of sp³-hybridized carbons (Fsp3) is 0.882. The molecule has 0 amide bonds. The normalized spacial score (nSPS) is 30.5. The summed E-state index contributed by atoms with van der Waals surface area (Å²) >= 11 is 0. The van der Waals surface area contributed by atoms with Crippen molar-refractivity contribution in [3.05, 3.63) is 11.1 Å².